The van der Waals surface area contributed by atoms with Gasteiger partial charge in [0.1, 0.15) is 0 Å². The van der Waals surface area contributed by atoms with E-state index in [2.05, 4.69) is 39.8 Å². The van der Waals surface area contributed by atoms with Crippen LogP contribution in [0.15, 0.2) is 61.1 Å². The number of halogens is 1. The first kappa shape index (κ1) is 18.3. The largest absolute Gasteiger partial charge is 0.323 e. The van der Waals surface area contributed by atoms with Crippen molar-refractivity contribution >= 4 is 34.0 Å². The van der Waals surface area contributed by atoms with E-state index < -0.39 is 0 Å². The number of anilines is 1. The first-order chi connectivity index (χ1) is 13.6. The van der Waals surface area contributed by atoms with E-state index in [1.807, 2.05) is 36.0 Å². The Balaban J connectivity index is 1.39. The van der Waals surface area contributed by atoms with Gasteiger partial charge in [0.15, 0.2) is 0 Å². The van der Waals surface area contributed by atoms with Gasteiger partial charge >= 0.3 is 0 Å². The molecule has 2 heterocycles. The lowest BCUT2D eigenvalue weighted by Crippen LogP contribution is -2.15. The summed E-state index contributed by atoms with van der Waals surface area (Å²) in [5, 5.41) is 14.4. The number of carbonyl (C=O) groups is 1. The van der Waals surface area contributed by atoms with E-state index in [4.69, 9.17) is 11.6 Å². The highest BCUT2D eigenvalue weighted by Gasteiger charge is 2.09. The number of fused-ring (bicyclic) bond motifs is 1. The normalized spacial score (nSPS) is 11.1. The molecule has 6 nitrogen and oxygen atoms in total. The molecular weight excluding hydrogens is 374 g/mol. The smallest absolute Gasteiger partial charge is 0.226 e. The van der Waals surface area contributed by atoms with Gasteiger partial charge in [-0.2, -0.15) is 10.2 Å². The van der Waals surface area contributed by atoms with E-state index in [0.717, 1.165) is 5.69 Å². The summed E-state index contributed by atoms with van der Waals surface area (Å²) in [6.45, 7) is 3.00. The second-order valence-electron chi connectivity index (χ2n) is 6.66. The minimum atomic E-state index is -0.0873. The molecule has 142 valence electrons. The fourth-order valence-corrected chi connectivity index (χ4v) is 3.34. The third kappa shape index (κ3) is 3.92. The van der Waals surface area contributed by atoms with E-state index >= 15 is 0 Å². The number of nitrogens with zero attached hydrogens (tertiary/aromatic N) is 4. The molecule has 28 heavy (non-hydrogen) atoms. The molecular formula is C21H20ClN5O. The molecule has 7 heteroatoms. The quantitative estimate of drug-likeness (QED) is 0.532. The predicted octanol–water partition coefficient (Wildman–Crippen LogP) is 4.27. The molecule has 2 aromatic carbocycles. The zero-order valence-electron chi connectivity index (χ0n) is 15.5. The highest BCUT2D eigenvalue weighted by Crippen LogP contribution is 2.20. The van der Waals surface area contributed by atoms with Gasteiger partial charge in [-0.05, 0) is 23.3 Å². The van der Waals surface area contributed by atoms with Crippen LogP contribution in [0.4, 0.5) is 5.69 Å². The molecule has 0 fully saturated rings. The van der Waals surface area contributed by atoms with Crippen molar-refractivity contribution in [3.63, 3.8) is 0 Å². The molecule has 0 aliphatic heterocycles. The Hall–Kier alpha value is -3.12. The van der Waals surface area contributed by atoms with Gasteiger partial charge < -0.3 is 5.32 Å². The van der Waals surface area contributed by atoms with Crippen LogP contribution in [0.3, 0.4) is 0 Å². The van der Waals surface area contributed by atoms with Gasteiger partial charge in [-0.1, -0.05) is 54.1 Å². The van der Waals surface area contributed by atoms with E-state index in [9.17, 15) is 4.79 Å². The Morgan fingerprint density at radius 2 is 1.93 bits per heavy atom. The summed E-state index contributed by atoms with van der Waals surface area (Å²) >= 11 is 5.99. The number of benzene rings is 2. The molecule has 0 saturated heterocycles. The average molecular weight is 394 g/mol. The predicted molar refractivity (Wildman–Crippen MR) is 110 cm³/mol. The van der Waals surface area contributed by atoms with E-state index in [1.165, 1.54) is 16.3 Å². The number of hydrogen-bond donors (Lipinski definition) is 1. The van der Waals surface area contributed by atoms with Crippen LogP contribution in [0.25, 0.3) is 10.8 Å². The van der Waals surface area contributed by atoms with Crippen molar-refractivity contribution in [2.24, 2.45) is 0 Å². The Kier molecular flexibility index (Phi) is 5.12. The molecule has 0 bridgehead atoms. The van der Waals surface area contributed by atoms with Crippen LogP contribution in [0, 0.1) is 6.92 Å². The lowest BCUT2D eigenvalue weighted by molar-refractivity contribution is -0.116. The highest BCUT2D eigenvalue weighted by atomic mass is 35.5. The summed E-state index contributed by atoms with van der Waals surface area (Å²) in [6.07, 6.45) is 5.41. The molecule has 0 aliphatic rings. The lowest BCUT2D eigenvalue weighted by Gasteiger charge is -2.07. The standard InChI is InChI=1S/C21H20ClN5O/c1-15-20(22)12-24-27(15)10-9-21(28)25-18-11-23-26(14-18)13-17-7-4-6-16-5-2-3-8-19(16)17/h2-8,11-12,14H,9-10,13H2,1H3,(H,25,28). The van der Waals surface area contributed by atoms with Crippen LogP contribution in [-0.4, -0.2) is 25.5 Å². The van der Waals surface area contributed by atoms with Crippen LogP contribution in [-0.2, 0) is 17.9 Å². The Morgan fingerprint density at radius 1 is 1.11 bits per heavy atom. The number of hydrogen-bond acceptors (Lipinski definition) is 3. The Labute approximate surface area is 167 Å². The summed E-state index contributed by atoms with van der Waals surface area (Å²) in [5.41, 5.74) is 2.72. The third-order valence-corrected chi connectivity index (χ3v) is 5.09. The van der Waals surface area contributed by atoms with Crippen molar-refractivity contribution in [1.29, 1.82) is 0 Å². The molecule has 0 saturated carbocycles. The molecule has 0 unspecified atom stereocenters. The first-order valence-electron chi connectivity index (χ1n) is 9.07. The van der Waals surface area contributed by atoms with Gasteiger partial charge in [-0.15, -0.1) is 0 Å². The second-order valence-corrected chi connectivity index (χ2v) is 7.07. The molecule has 1 N–H and O–H groups in total. The SMILES string of the molecule is Cc1c(Cl)cnn1CCC(=O)Nc1cnn(Cc2cccc3ccccc23)c1. The van der Waals surface area contributed by atoms with Crippen LogP contribution < -0.4 is 5.32 Å². The van der Waals surface area contributed by atoms with Crippen LogP contribution >= 0.6 is 11.6 Å². The molecule has 4 aromatic rings. The maximum absolute atomic E-state index is 12.2. The lowest BCUT2D eigenvalue weighted by atomic mass is 10.0. The van der Waals surface area contributed by atoms with Crippen molar-refractivity contribution < 1.29 is 4.79 Å². The van der Waals surface area contributed by atoms with Crippen molar-refractivity contribution in [2.45, 2.75) is 26.4 Å². The third-order valence-electron chi connectivity index (χ3n) is 4.72. The van der Waals surface area contributed by atoms with Gasteiger partial charge in [-0.25, -0.2) is 0 Å². The molecule has 4 rings (SSSR count). The number of aromatic nitrogens is 4. The number of nitrogens with one attached hydrogen (secondary N) is 1. The molecule has 1 amide bonds. The molecule has 0 spiro atoms. The van der Waals surface area contributed by atoms with Gasteiger partial charge in [0.25, 0.3) is 0 Å². The monoisotopic (exact) mass is 393 g/mol. The summed E-state index contributed by atoms with van der Waals surface area (Å²) < 4.78 is 3.56. The van der Waals surface area contributed by atoms with Crippen LogP contribution in [0.2, 0.25) is 5.02 Å². The summed E-state index contributed by atoms with van der Waals surface area (Å²) in [4.78, 5) is 12.2. The second kappa shape index (κ2) is 7.86. The van der Waals surface area contributed by atoms with Crippen LogP contribution in [0.5, 0.6) is 0 Å². The highest BCUT2D eigenvalue weighted by molar-refractivity contribution is 6.31. The molecule has 0 atom stereocenters. The van der Waals surface area contributed by atoms with Gasteiger partial charge in [0.2, 0.25) is 5.91 Å². The molecule has 2 aromatic heterocycles. The average Bonchev–Trinajstić information content (AvgIpc) is 3.27. The number of amides is 1. The van der Waals surface area contributed by atoms with Crippen molar-refractivity contribution in [1.82, 2.24) is 19.6 Å². The Bertz CT molecular complexity index is 1130. The number of rotatable bonds is 6. The zero-order valence-corrected chi connectivity index (χ0v) is 16.2. The molecule has 0 radical (unpaired) electrons. The van der Waals surface area contributed by atoms with Gasteiger partial charge in [0.05, 0.1) is 41.9 Å². The van der Waals surface area contributed by atoms with E-state index in [-0.39, 0.29) is 5.91 Å². The van der Waals surface area contributed by atoms with E-state index in [0.29, 0.717) is 30.2 Å². The topological polar surface area (TPSA) is 64.7 Å². The van der Waals surface area contributed by atoms with Gasteiger partial charge in [-0.3, -0.25) is 14.2 Å². The first-order valence-corrected chi connectivity index (χ1v) is 9.45. The summed E-state index contributed by atoms with van der Waals surface area (Å²) in [6, 6.07) is 14.5. The fraction of sp³-hybridized carbons (Fsp3) is 0.190. The minimum Gasteiger partial charge on any atom is -0.323 e. The summed E-state index contributed by atoms with van der Waals surface area (Å²) in [7, 11) is 0. The maximum Gasteiger partial charge on any atom is 0.226 e. The van der Waals surface area contributed by atoms with Crippen molar-refractivity contribution in [3.8, 4) is 0 Å². The Morgan fingerprint density at radius 3 is 2.75 bits per heavy atom. The van der Waals surface area contributed by atoms with Gasteiger partial charge in [0, 0.05) is 12.6 Å². The van der Waals surface area contributed by atoms with Crippen LogP contribution in [0.1, 0.15) is 17.7 Å². The van der Waals surface area contributed by atoms with Crippen molar-refractivity contribution in [3.05, 3.63) is 77.3 Å². The number of carbonyl (C=O) groups excluding carboxylic acids is 1. The zero-order chi connectivity index (χ0) is 19.5. The number of aryl methyl sites for hydroxylation is 1. The van der Waals surface area contributed by atoms with Crippen molar-refractivity contribution in [2.75, 3.05) is 5.32 Å². The fourth-order valence-electron chi connectivity index (χ4n) is 3.20. The molecule has 0 aliphatic carbocycles. The van der Waals surface area contributed by atoms with E-state index in [1.54, 1.807) is 17.1 Å². The minimum absolute atomic E-state index is 0.0873. The summed E-state index contributed by atoms with van der Waals surface area (Å²) in [5.74, 6) is -0.0873. The maximum atomic E-state index is 12.2.